The molecule has 1 amide bonds. The summed E-state index contributed by atoms with van der Waals surface area (Å²) in [7, 11) is 1.74. The van der Waals surface area contributed by atoms with E-state index >= 15 is 0 Å². The molecule has 0 spiro atoms. The molecule has 0 radical (unpaired) electrons. The minimum atomic E-state index is -0.558. The quantitative estimate of drug-likeness (QED) is 0.265. The number of aromatic hydroxyl groups is 1. The number of rotatable bonds is 11. The number of ether oxygens (including phenoxy) is 2. The van der Waals surface area contributed by atoms with Crippen molar-refractivity contribution in [1.82, 2.24) is 4.90 Å². The molecule has 1 unspecified atom stereocenters. The second-order valence-electron chi connectivity index (χ2n) is 10.4. The number of hydrogen-bond acceptors (Lipinski definition) is 4. The molecule has 38 heavy (non-hydrogen) atoms. The number of carbonyl (C=O) groups is 1. The predicted molar refractivity (Wildman–Crippen MR) is 155 cm³/mol. The standard InChI is InChI=1S/C33H39NO4/c1-7-12-24-16-19-31(28(22-24)26-17-18-29(35)27(23-26)13-8-2)37-30(25-14-10-9-11-15-25)20-21-34(6)32(36)38-33(3,4)5/h7-11,14-19,22-23,30,35H,1-2,12-13,20-21H2,3-6H3. The third-order valence-corrected chi connectivity index (χ3v) is 6.05. The zero-order chi connectivity index (χ0) is 27.7. The number of phenolic OH excluding ortho intramolecular Hbond substituents is 1. The van der Waals surface area contributed by atoms with E-state index in [0.717, 1.165) is 40.0 Å². The maximum Gasteiger partial charge on any atom is 0.410 e. The van der Waals surface area contributed by atoms with Crippen LogP contribution in [0.4, 0.5) is 4.79 Å². The molecule has 0 aromatic heterocycles. The van der Waals surface area contributed by atoms with Crippen molar-refractivity contribution in [3.63, 3.8) is 0 Å². The molecule has 1 N–H and O–H groups in total. The van der Waals surface area contributed by atoms with Gasteiger partial charge in [-0.2, -0.15) is 0 Å². The molecule has 0 saturated heterocycles. The maximum atomic E-state index is 12.5. The molecule has 0 bridgehead atoms. The lowest BCUT2D eigenvalue weighted by Crippen LogP contribution is -2.35. The van der Waals surface area contributed by atoms with Crippen LogP contribution in [0.5, 0.6) is 11.5 Å². The highest BCUT2D eigenvalue weighted by Gasteiger charge is 2.22. The molecule has 200 valence electrons. The Balaban J connectivity index is 1.95. The Labute approximate surface area is 227 Å². The van der Waals surface area contributed by atoms with Crippen molar-refractivity contribution in [2.45, 2.75) is 51.7 Å². The van der Waals surface area contributed by atoms with Gasteiger partial charge in [0, 0.05) is 25.6 Å². The minimum absolute atomic E-state index is 0.241. The molecular formula is C33H39NO4. The van der Waals surface area contributed by atoms with Crippen LogP contribution in [0.15, 0.2) is 92.0 Å². The molecular weight excluding hydrogens is 474 g/mol. The monoisotopic (exact) mass is 513 g/mol. The molecule has 0 fully saturated rings. The second-order valence-corrected chi connectivity index (χ2v) is 10.4. The van der Waals surface area contributed by atoms with Crippen LogP contribution >= 0.6 is 0 Å². The zero-order valence-electron chi connectivity index (χ0n) is 22.9. The maximum absolute atomic E-state index is 12.5. The zero-order valence-corrected chi connectivity index (χ0v) is 22.9. The average molecular weight is 514 g/mol. The SMILES string of the molecule is C=CCc1ccc(OC(CCN(C)C(=O)OC(C)(C)C)c2ccccc2)c(-c2ccc(O)c(CC=C)c2)c1. The van der Waals surface area contributed by atoms with Gasteiger partial charge in [-0.1, -0.05) is 54.6 Å². The van der Waals surface area contributed by atoms with Crippen molar-refractivity contribution in [2.75, 3.05) is 13.6 Å². The first-order valence-electron chi connectivity index (χ1n) is 12.9. The molecule has 5 heteroatoms. The van der Waals surface area contributed by atoms with Crippen LogP contribution in [0.25, 0.3) is 11.1 Å². The third kappa shape index (κ3) is 8.01. The number of carbonyl (C=O) groups excluding carboxylic acids is 1. The molecule has 3 rings (SSSR count). The topological polar surface area (TPSA) is 59.0 Å². The van der Waals surface area contributed by atoms with Gasteiger partial charge in [-0.25, -0.2) is 4.79 Å². The lowest BCUT2D eigenvalue weighted by Gasteiger charge is -2.27. The Morgan fingerprint density at radius 2 is 1.71 bits per heavy atom. The van der Waals surface area contributed by atoms with E-state index < -0.39 is 5.60 Å². The van der Waals surface area contributed by atoms with Crippen molar-refractivity contribution in [3.8, 4) is 22.6 Å². The van der Waals surface area contributed by atoms with Gasteiger partial charge >= 0.3 is 6.09 Å². The van der Waals surface area contributed by atoms with Gasteiger partial charge in [0.05, 0.1) is 0 Å². The van der Waals surface area contributed by atoms with Crippen LogP contribution in [0.2, 0.25) is 0 Å². The lowest BCUT2D eigenvalue weighted by atomic mass is 9.97. The summed E-state index contributed by atoms with van der Waals surface area (Å²) in [6, 6.07) is 21.7. The van der Waals surface area contributed by atoms with Crippen LogP contribution in [0, 0.1) is 0 Å². The van der Waals surface area contributed by atoms with Gasteiger partial charge in [0.1, 0.15) is 23.2 Å². The fraction of sp³-hybridized carbons (Fsp3) is 0.303. The van der Waals surface area contributed by atoms with Gasteiger partial charge in [0.15, 0.2) is 0 Å². The third-order valence-electron chi connectivity index (χ3n) is 6.05. The van der Waals surface area contributed by atoms with Crippen LogP contribution in [0.3, 0.4) is 0 Å². The largest absolute Gasteiger partial charge is 0.508 e. The van der Waals surface area contributed by atoms with E-state index in [1.54, 1.807) is 24.1 Å². The van der Waals surface area contributed by atoms with Gasteiger partial charge in [0.25, 0.3) is 0 Å². The number of amides is 1. The van der Waals surface area contributed by atoms with Crippen molar-refractivity contribution < 1.29 is 19.4 Å². The summed E-state index contributed by atoms with van der Waals surface area (Å²) in [4.78, 5) is 14.1. The highest BCUT2D eigenvalue weighted by Crippen LogP contribution is 2.37. The molecule has 3 aromatic rings. The predicted octanol–water partition coefficient (Wildman–Crippen LogP) is 7.89. The van der Waals surface area contributed by atoms with E-state index in [9.17, 15) is 9.90 Å². The van der Waals surface area contributed by atoms with Gasteiger partial charge in [-0.15, -0.1) is 13.2 Å². The summed E-state index contributed by atoms with van der Waals surface area (Å²) >= 11 is 0. The summed E-state index contributed by atoms with van der Waals surface area (Å²) in [6.45, 7) is 13.7. The van der Waals surface area contributed by atoms with E-state index in [1.807, 2.05) is 81.4 Å². The summed E-state index contributed by atoms with van der Waals surface area (Å²) in [6.07, 6.45) is 4.85. The fourth-order valence-corrected chi connectivity index (χ4v) is 4.13. The number of nitrogens with zero attached hydrogens (tertiary/aromatic N) is 1. The highest BCUT2D eigenvalue weighted by molar-refractivity contribution is 5.73. The van der Waals surface area contributed by atoms with Crippen molar-refractivity contribution in [1.29, 1.82) is 0 Å². The molecule has 0 aliphatic heterocycles. The van der Waals surface area contributed by atoms with E-state index in [4.69, 9.17) is 9.47 Å². The number of phenols is 1. The fourth-order valence-electron chi connectivity index (χ4n) is 4.13. The Morgan fingerprint density at radius 3 is 2.37 bits per heavy atom. The first-order chi connectivity index (χ1) is 18.1. The molecule has 0 saturated carbocycles. The Bertz CT molecular complexity index is 1240. The number of benzene rings is 3. The Morgan fingerprint density at radius 1 is 1.00 bits per heavy atom. The first-order valence-corrected chi connectivity index (χ1v) is 12.9. The average Bonchev–Trinajstić information content (AvgIpc) is 2.88. The van der Waals surface area contributed by atoms with E-state index in [0.29, 0.717) is 19.4 Å². The summed E-state index contributed by atoms with van der Waals surface area (Å²) in [5.41, 5.74) is 4.24. The highest BCUT2D eigenvalue weighted by atomic mass is 16.6. The van der Waals surface area contributed by atoms with Crippen molar-refractivity contribution >= 4 is 6.09 Å². The van der Waals surface area contributed by atoms with Crippen molar-refractivity contribution in [2.24, 2.45) is 0 Å². The van der Waals surface area contributed by atoms with Gasteiger partial charge in [-0.3, -0.25) is 0 Å². The summed E-state index contributed by atoms with van der Waals surface area (Å²) in [5, 5.41) is 10.3. The van der Waals surface area contributed by atoms with Gasteiger partial charge in [-0.05, 0) is 80.1 Å². The van der Waals surface area contributed by atoms with E-state index in [-0.39, 0.29) is 17.9 Å². The summed E-state index contributed by atoms with van der Waals surface area (Å²) < 4.78 is 12.2. The minimum Gasteiger partial charge on any atom is -0.508 e. The van der Waals surface area contributed by atoms with Crippen LogP contribution in [-0.2, 0) is 17.6 Å². The lowest BCUT2D eigenvalue weighted by molar-refractivity contribution is 0.0278. The Kier molecular flexibility index (Phi) is 9.78. The van der Waals surface area contributed by atoms with Crippen molar-refractivity contribution in [3.05, 3.63) is 109 Å². The molecule has 3 aromatic carbocycles. The second kappa shape index (κ2) is 13.0. The van der Waals surface area contributed by atoms with E-state index in [2.05, 4.69) is 19.2 Å². The normalized spacial score (nSPS) is 11.9. The molecule has 0 aliphatic carbocycles. The summed E-state index contributed by atoms with van der Waals surface area (Å²) in [5.74, 6) is 0.965. The van der Waals surface area contributed by atoms with Gasteiger partial charge in [0.2, 0.25) is 0 Å². The van der Waals surface area contributed by atoms with Crippen LogP contribution < -0.4 is 4.74 Å². The number of hydrogen-bond donors (Lipinski definition) is 1. The number of allylic oxidation sites excluding steroid dienone is 2. The smallest absolute Gasteiger partial charge is 0.410 e. The van der Waals surface area contributed by atoms with Gasteiger partial charge < -0.3 is 19.5 Å². The van der Waals surface area contributed by atoms with Crippen LogP contribution in [0.1, 0.15) is 50.0 Å². The van der Waals surface area contributed by atoms with Crippen LogP contribution in [-0.4, -0.2) is 35.3 Å². The van der Waals surface area contributed by atoms with E-state index in [1.165, 1.54) is 0 Å². The molecule has 1 atom stereocenters. The molecule has 5 nitrogen and oxygen atoms in total. The Hall–Kier alpha value is -3.99. The molecule has 0 aliphatic rings. The molecule has 0 heterocycles. The first kappa shape index (κ1) is 28.6.